The highest BCUT2D eigenvalue weighted by Crippen LogP contribution is 2.35. The number of rotatable bonds is 2. The maximum Gasteiger partial charge on any atom is 0.226 e. The number of aryl methyl sites for hydroxylation is 3. The van der Waals surface area contributed by atoms with E-state index in [-0.39, 0.29) is 5.92 Å². The molecule has 140 valence electrons. The molecule has 1 aliphatic carbocycles. The van der Waals surface area contributed by atoms with Gasteiger partial charge < -0.3 is 9.47 Å². The number of nitrogens with one attached hydrogen (secondary N) is 1. The molecule has 5 nitrogen and oxygen atoms in total. The van der Waals surface area contributed by atoms with Gasteiger partial charge in [0.25, 0.3) is 0 Å². The molecule has 2 atom stereocenters. The van der Waals surface area contributed by atoms with E-state index in [1.54, 1.807) is 0 Å². The van der Waals surface area contributed by atoms with Gasteiger partial charge in [0, 0.05) is 54.8 Å². The first-order valence-corrected chi connectivity index (χ1v) is 9.97. The normalized spacial score (nSPS) is 22.4. The topological polar surface area (TPSA) is 53.9 Å². The molecule has 3 aromatic rings. The van der Waals surface area contributed by atoms with Crippen molar-refractivity contribution >= 4 is 16.8 Å². The first kappa shape index (κ1) is 16.6. The maximum atomic E-state index is 13.2. The molecule has 1 aliphatic heterocycles. The number of carbonyl (C=O) groups excluding carboxylic acids is 1. The molecule has 0 spiro atoms. The summed E-state index contributed by atoms with van der Waals surface area (Å²) in [5.74, 6) is 0.888. The molecule has 1 saturated heterocycles. The molecule has 0 saturated carbocycles. The molecule has 0 radical (unpaired) electrons. The Morgan fingerprint density at radius 1 is 1.26 bits per heavy atom. The first-order valence-electron chi connectivity index (χ1n) is 9.97. The summed E-state index contributed by atoms with van der Waals surface area (Å²) in [6.45, 7) is 3.78. The molecule has 5 rings (SSSR count). The average molecular weight is 362 g/mol. The van der Waals surface area contributed by atoms with Gasteiger partial charge in [0.05, 0.1) is 5.69 Å². The summed E-state index contributed by atoms with van der Waals surface area (Å²) in [5.41, 5.74) is 6.21. The van der Waals surface area contributed by atoms with Crippen LogP contribution in [0.4, 0.5) is 0 Å². The van der Waals surface area contributed by atoms with E-state index in [1.165, 1.54) is 22.0 Å². The number of carbonyl (C=O) groups is 1. The molecule has 0 bridgehead atoms. The summed E-state index contributed by atoms with van der Waals surface area (Å²) in [5, 5.41) is 8.79. The lowest BCUT2D eigenvalue weighted by Crippen LogP contribution is -2.36. The Hall–Kier alpha value is -2.56. The number of likely N-dealkylation sites (tertiary alicyclic amines) is 1. The van der Waals surface area contributed by atoms with Crippen LogP contribution < -0.4 is 0 Å². The zero-order chi connectivity index (χ0) is 18.5. The van der Waals surface area contributed by atoms with Crippen LogP contribution >= 0.6 is 0 Å². The molecule has 2 aliphatic rings. The van der Waals surface area contributed by atoms with E-state index in [4.69, 9.17) is 0 Å². The van der Waals surface area contributed by atoms with Gasteiger partial charge in [0.15, 0.2) is 0 Å². The number of hydrogen-bond donors (Lipinski definition) is 1. The van der Waals surface area contributed by atoms with Gasteiger partial charge in [-0.05, 0) is 49.8 Å². The van der Waals surface area contributed by atoms with Crippen molar-refractivity contribution in [3.8, 4) is 0 Å². The number of aromatic amines is 1. The number of nitrogens with zero attached hydrogens (tertiary/aromatic N) is 3. The molecule has 2 aromatic heterocycles. The summed E-state index contributed by atoms with van der Waals surface area (Å²) >= 11 is 0. The third-order valence-corrected chi connectivity index (χ3v) is 6.56. The zero-order valence-electron chi connectivity index (χ0n) is 16.0. The second kappa shape index (κ2) is 6.25. The standard InChI is InChI=1S/C22H26N4O/c1-14-18-11-15(7-8-20(18)24-23-14)22(27)26-10-9-16(12-26)19-13-25(2)21-6-4-3-5-17(19)21/h3-6,13,15-16H,7-12H2,1-2H3,(H,23,24). The molecular formula is C22H26N4O. The minimum absolute atomic E-state index is 0.111. The molecular weight excluding hydrogens is 336 g/mol. The second-order valence-electron chi connectivity index (χ2n) is 8.20. The summed E-state index contributed by atoms with van der Waals surface area (Å²) in [4.78, 5) is 15.3. The van der Waals surface area contributed by atoms with Crippen molar-refractivity contribution < 1.29 is 4.79 Å². The quantitative estimate of drug-likeness (QED) is 0.760. The maximum absolute atomic E-state index is 13.2. The molecule has 1 amide bonds. The zero-order valence-corrected chi connectivity index (χ0v) is 16.0. The SMILES string of the molecule is Cc1[nH]nc2c1CC(C(=O)N1CCC(c3cn(C)c4ccccc34)C1)CC2. The van der Waals surface area contributed by atoms with Crippen LogP contribution in [0.25, 0.3) is 10.9 Å². The highest BCUT2D eigenvalue weighted by Gasteiger charge is 2.35. The Balaban J connectivity index is 1.33. The molecule has 3 heterocycles. The van der Waals surface area contributed by atoms with Crippen molar-refractivity contribution in [3.05, 3.63) is 53.0 Å². The van der Waals surface area contributed by atoms with Crippen LogP contribution in [0.2, 0.25) is 0 Å². The van der Waals surface area contributed by atoms with Gasteiger partial charge in [-0.2, -0.15) is 5.10 Å². The van der Waals surface area contributed by atoms with Crippen LogP contribution in [-0.2, 0) is 24.7 Å². The van der Waals surface area contributed by atoms with E-state index in [9.17, 15) is 4.79 Å². The van der Waals surface area contributed by atoms with Crippen LogP contribution in [0.5, 0.6) is 0 Å². The van der Waals surface area contributed by atoms with Gasteiger partial charge >= 0.3 is 0 Å². The summed E-state index contributed by atoms with van der Waals surface area (Å²) in [6.07, 6.45) is 5.99. The van der Waals surface area contributed by atoms with Crippen LogP contribution in [0.1, 0.15) is 41.3 Å². The van der Waals surface area contributed by atoms with Crippen molar-refractivity contribution in [3.63, 3.8) is 0 Å². The summed E-state index contributed by atoms with van der Waals surface area (Å²) in [7, 11) is 2.11. The van der Waals surface area contributed by atoms with Crippen molar-refractivity contribution in [2.24, 2.45) is 13.0 Å². The van der Waals surface area contributed by atoms with Crippen LogP contribution in [0.15, 0.2) is 30.5 Å². The lowest BCUT2D eigenvalue weighted by atomic mass is 9.85. The van der Waals surface area contributed by atoms with E-state index in [0.717, 1.165) is 50.2 Å². The van der Waals surface area contributed by atoms with Gasteiger partial charge in [-0.15, -0.1) is 0 Å². The van der Waals surface area contributed by atoms with Gasteiger partial charge in [-0.1, -0.05) is 18.2 Å². The van der Waals surface area contributed by atoms with E-state index >= 15 is 0 Å². The van der Waals surface area contributed by atoms with E-state index < -0.39 is 0 Å². The highest BCUT2D eigenvalue weighted by molar-refractivity contribution is 5.85. The van der Waals surface area contributed by atoms with Gasteiger partial charge in [0.2, 0.25) is 5.91 Å². The van der Waals surface area contributed by atoms with Crippen molar-refractivity contribution in [2.75, 3.05) is 13.1 Å². The average Bonchev–Trinajstić information content (AvgIpc) is 3.40. The number of aromatic nitrogens is 3. The Morgan fingerprint density at radius 3 is 3.00 bits per heavy atom. The third kappa shape index (κ3) is 2.68. The monoisotopic (exact) mass is 362 g/mol. The lowest BCUT2D eigenvalue weighted by Gasteiger charge is -2.26. The number of benzene rings is 1. The van der Waals surface area contributed by atoms with E-state index in [2.05, 4.69) is 64.1 Å². The second-order valence-corrected chi connectivity index (χ2v) is 8.20. The number of para-hydroxylation sites is 1. The van der Waals surface area contributed by atoms with Gasteiger partial charge in [-0.25, -0.2) is 0 Å². The molecule has 5 heteroatoms. The Bertz CT molecular complexity index is 1010. The summed E-state index contributed by atoms with van der Waals surface area (Å²) in [6, 6.07) is 8.57. The predicted octanol–water partition coefficient (Wildman–Crippen LogP) is 3.33. The van der Waals surface area contributed by atoms with Crippen molar-refractivity contribution in [1.82, 2.24) is 19.7 Å². The number of amides is 1. The minimum atomic E-state index is 0.111. The van der Waals surface area contributed by atoms with Crippen LogP contribution in [-0.4, -0.2) is 38.7 Å². The van der Waals surface area contributed by atoms with Crippen LogP contribution in [0, 0.1) is 12.8 Å². The molecule has 1 N–H and O–H groups in total. The Morgan fingerprint density at radius 2 is 2.11 bits per heavy atom. The third-order valence-electron chi connectivity index (χ3n) is 6.56. The molecule has 1 aromatic carbocycles. The van der Waals surface area contributed by atoms with Crippen molar-refractivity contribution in [1.29, 1.82) is 0 Å². The van der Waals surface area contributed by atoms with Gasteiger partial charge in [0.1, 0.15) is 0 Å². The fraction of sp³-hybridized carbons (Fsp3) is 0.455. The largest absolute Gasteiger partial charge is 0.350 e. The first-order chi connectivity index (χ1) is 13.1. The number of fused-ring (bicyclic) bond motifs is 2. The van der Waals surface area contributed by atoms with Gasteiger partial charge in [-0.3, -0.25) is 9.89 Å². The Labute approximate surface area is 159 Å². The Kier molecular flexibility index (Phi) is 3.85. The molecule has 1 fully saturated rings. The fourth-order valence-electron chi connectivity index (χ4n) is 5.02. The number of hydrogen-bond acceptors (Lipinski definition) is 2. The molecule has 2 unspecified atom stereocenters. The minimum Gasteiger partial charge on any atom is -0.350 e. The fourth-order valence-corrected chi connectivity index (χ4v) is 5.02. The van der Waals surface area contributed by atoms with E-state index in [0.29, 0.717) is 11.8 Å². The van der Waals surface area contributed by atoms with Crippen molar-refractivity contribution in [2.45, 2.75) is 38.5 Å². The van der Waals surface area contributed by atoms with Crippen LogP contribution in [0.3, 0.4) is 0 Å². The smallest absolute Gasteiger partial charge is 0.226 e. The number of H-pyrrole nitrogens is 1. The summed E-state index contributed by atoms with van der Waals surface area (Å²) < 4.78 is 2.21. The van der Waals surface area contributed by atoms with E-state index in [1.807, 2.05) is 0 Å². The predicted molar refractivity (Wildman–Crippen MR) is 106 cm³/mol. The molecule has 27 heavy (non-hydrogen) atoms. The highest BCUT2D eigenvalue weighted by atomic mass is 16.2. The lowest BCUT2D eigenvalue weighted by molar-refractivity contribution is -0.134.